The van der Waals surface area contributed by atoms with Crippen molar-refractivity contribution in [3.8, 4) is 11.5 Å². The average molecular weight is 337 g/mol. The molecule has 0 saturated heterocycles. The van der Waals surface area contributed by atoms with Gasteiger partial charge in [0, 0.05) is 28.6 Å². The third-order valence-corrected chi connectivity index (χ3v) is 4.25. The number of halogens is 1. The molecule has 0 bridgehead atoms. The summed E-state index contributed by atoms with van der Waals surface area (Å²) in [6.07, 6.45) is 2.09. The predicted molar refractivity (Wildman–Crippen MR) is 82.5 cm³/mol. The SMILES string of the molecule is COc1cc(Br)c(C[n+]2cccc(C)c2C)cc1OC. The Labute approximate surface area is 128 Å². The van der Waals surface area contributed by atoms with Crippen LogP contribution < -0.4 is 14.0 Å². The number of methoxy groups -OCH3 is 2. The summed E-state index contributed by atoms with van der Waals surface area (Å²) in [7, 11) is 3.30. The Morgan fingerprint density at radius 3 is 2.40 bits per heavy atom. The minimum atomic E-state index is 0.731. The monoisotopic (exact) mass is 336 g/mol. The van der Waals surface area contributed by atoms with Gasteiger partial charge in [-0.25, -0.2) is 0 Å². The van der Waals surface area contributed by atoms with Crippen LogP contribution in [0.15, 0.2) is 34.9 Å². The maximum atomic E-state index is 5.37. The van der Waals surface area contributed by atoms with Crippen LogP contribution in [0, 0.1) is 13.8 Å². The van der Waals surface area contributed by atoms with E-state index in [0.29, 0.717) is 0 Å². The van der Waals surface area contributed by atoms with Gasteiger partial charge in [-0.2, -0.15) is 4.57 Å². The summed E-state index contributed by atoms with van der Waals surface area (Å²) < 4.78 is 13.9. The first-order valence-corrected chi connectivity index (χ1v) is 7.22. The number of benzene rings is 1. The quantitative estimate of drug-likeness (QED) is 0.798. The number of hydrogen-bond acceptors (Lipinski definition) is 2. The topological polar surface area (TPSA) is 22.3 Å². The third-order valence-electron chi connectivity index (χ3n) is 3.51. The molecule has 0 aliphatic rings. The van der Waals surface area contributed by atoms with E-state index in [1.165, 1.54) is 11.3 Å². The Morgan fingerprint density at radius 2 is 1.75 bits per heavy atom. The van der Waals surface area contributed by atoms with Crippen molar-refractivity contribution >= 4 is 15.9 Å². The molecule has 4 heteroatoms. The van der Waals surface area contributed by atoms with Crippen LogP contribution in [0.1, 0.15) is 16.8 Å². The number of rotatable bonds is 4. The van der Waals surface area contributed by atoms with Gasteiger partial charge >= 0.3 is 0 Å². The lowest BCUT2D eigenvalue weighted by atomic mass is 10.1. The second-order valence-corrected chi connectivity index (χ2v) is 5.56. The van der Waals surface area contributed by atoms with Crippen LogP contribution in [-0.2, 0) is 6.54 Å². The van der Waals surface area contributed by atoms with Gasteiger partial charge in [0.15, 0.2) is 29.9 Å². The van der Waals surface area contributed by atoms with Crippen LogP contribution in [-0.4, -0.2) is 14.2 Å². The minimum Gasteiger partial charge on any atom is -0.493 e. The molecule has 0 fully saturated rings. The van der Waals surface area contributed by atoms with Gasteiger partial charge < -0.3 is 9.47 Å². The van der Waals surface area contributed by atoms with E-state index >= 15 is 0 Å². The fourth-order valence-corrected chi connectivity index (χ4v) is 2.57. The number of aryl methyl sites for hydroxylation is 1. The van der Waals surface area contributed by atoms with Crippen molar-refractivity contribution in [1.29, 1.82) is 0 Å². The van der Waals surface area contributed by atoms with Gasteiger partial charge in [-0.3, -0.25) is 0 Å². The fourth-order valence-electron chi connectivity index (χ4n) is 2.12. The summed E-state index contributed by atoms with van der Waals surface area (Å²) in [5, 5.41) is 0. The second kappa shape index (κ2) is 6.27. The first-order chi connectivity index (χ1) is 9.56. The molecule has 0 aliphatic carbocycles. The van der Waals surface area contributed by atoms with Crippen molar-refractivity contribution in [1.82, 2.24) is 0 Å². The van der Waals surface area contributed by atoms with E-state index in [9.17, 15) is 0 Å². The molecule has 1 aromatic heterocycles. The molecule has 0 spiro atoms. The summed E-state index contributed by atoms with van der Waals surface area (Å²) >= 11 is 3.60. The standard InChI is InChI=1S/C16H19BrNO2/c1-11-6-5-7-18(12(11)2)10-13-8-15(19-3)16(20-4)9-14(13)17/h5-9H,10H2,1-4H3/q+1. The predicted octanol–water partition coefficient (Wildman–Crippen LogP) is 3.42. The zero-order chi connectivity index (χ0) is 14.7. The number of ether oxygens (including phenoxy) is 2. The number of nitrogens with zero attached hydrogens (tertiary/aromatic N) is 1. The van der Waals surface area contributed by atoms with Crippen molar-refractivity contribution in [3.63, 3.8) is 0 Å². The normalized spacial score (nSPS) is 10.4. The van der Waals surface area contributed by atoms with Crippen molar-refractivity contribution in [3.05, 3.63) is 51.8 Å². The molecule has 0 unspecified atom stereocenters. The molecule has 2 aromatic rings. The first-order valence-electron chi connectivity index (χ1n) is 6.43. The van der Waals surface area contributed by atoms with Crippen LogP contribution >= 0.6 is 15.9 Å². The summed E-state index contributed by atoms with van der Waals surface area (Å²) in [6, 6.07) is 8.14. The van der Waals surface area contributed by atoms with Crippen LogP contribution in [0.2, 0.25) is 0 Å². The molecule has 20 heavy (non-hydrogen) atoms. The van der Waals surface area contributed by atoms with E-state index in [-0.39, 0.29) is 0 Å². The highest BCUT2D eigenvalue weighted by Gasteiger charge is 2.15. The number of aromatic nitrogens is 1. The molecule has 106 valence electrons. The molecular formula is C16H19BrNO2+. The van der Waals surface area contributed by atoms with Gasteiger partial charge in [0.25, 0.3) is 0 Å². The Hall–Kier alpha value is -1.55. The second-order valence-electron chi connectivity index (χ2n) is 4.70. The molecule has 0 aliphatic heterocycles. The zero-order valence-electron chi connectivity index (χ0n) is 12.2. The van der Waals surface area contributed by atoms with Gasteiger partial charge in [0.1, 0.15) is 0 Å². The van der Waals surface area contributed by atoms with Crippen molar-refractivity contribution in [2.24, 2.45) is 0 Å². The lowest BCUT2D eigenvalue weighted by molar-refractivity contribution is -0.694. The number of hydrogen-bond donors (Lipinski definition) is 0. The van der Waals surface area contributed by atoms with Crippen LogP contribution in [0.4, 0.5) is 0 Å². The molecule has 1 aromatic carbocycles. The summed E-state index contributed by atoms with van der Waals surface area (Å²) in [5.41, 5.74) is 3.69. The van der Waals surface area contributed by atoms with Gasteiger partial charge in [-0.15, -0.1) is 0 Å². The van der Waals surface area contributed by atoms with E-state index < -0.39 is 0 Å². The lowest BCUT2D eigenvalue weighted by Gasteiger charge is -2.11. The smallest absolute Gasteiger partial charge is 0.181 e. The van der Waals surface area contributed by atoms with E-state index in [2.05, 4.69) is 52.7 Å². The third kappa shape index (κ3) is 2.96. The van der Waals surface area contributed by atoms with E-state index in [1.807, 2.05) is 12.1 Å². The Bertz CT molecular complexity index is 626. The minimum absolute atomic E-state index is 0.731. The largest absolute Gasteiger partial charge is 0.493 e. The van der Waals surface area contributed by atoms with E-state index in [1.54, 1.807) is 14.2 Å². The van der Waals surface area contributed by atoms with Crippen molar-refractivity contribution < 1.29 is 14.0 Å². The highest BCUT2D eigenvalue weighted by Crippen LogP contribution is 2.33. The zero-order valence-corrected chi connectivity index (χ0v) is 13.8. The molecular weight excluding hydrogens is 318 g/mol. The summed E-state index contributed by atoms with van der Waals surface area (Å²) in [4.78, 5) is 0. The van der Waals surface area contributed by atoms with E-state index in [0.717, 1.165) is 28.1 Å². The van der Waals surface area contributed by atoms with Gasteiger partial charge in [0.05, 0.1) is 14.2 Å². The van der Waals surface area contributed by atoms with Crippen LogP contribution in [0.25, 0.3) is 0 Å². The molecule has 0 amide bonds. The summed E-state index contributed by atoms with van der Waals surface area (Å²) in [5.74, 6) is 1.48. The van der Waals surface area contributed by atoms with Gasteiger partial charge in [-0.1, -0.05) is 15.9 Å². The molecule has 2 rings (SSSR count). The highest BCUT2D eigenvalue weighted by atomic mass is 79.9. The molecule has 0 atom stereocenters. The Morgan fingerprint density at radius 1 is 1.10 bits per heavy atom. The molecule has 0 saturated carbocycles. The highest BCUT2D eigenvalue weighted by molar-refractivity contribution is 9.10. The van der Waals surface area contributed by atoms with E-state index in [4.69, 9.17) is 9.47 Å². The average Bonchev–Trinajstić information content (AvgIpc) is 2.45. The summed E-state index contributed by atoms with van der Waals surface area (Å²) in [6.45, 7) is 5.04. The maximum Gasteiger partial charge on any atom is 0.181 e. The molecule has 3 nitrogen and oxygen atoms in total. The lowest BCUT2D eigenvalue weighted by Crippen LogP contribution is -2.38. The first kappa shape index (κ1) is 14.9. The van der Waals surface area contributed by atoms with Crippen LogP contribution in [0.5, 0.6) is 11.5 Å². The van der Waals surface area contributed by atoms with Crippen molar-refractivity contribution in [2.45, 2.75) is 20.4 Å². The molecule has 1 heterocycles. The van der Waals surface area contributed by atoms with Crippen LogP contribution in [0.3, 0.4) is 0 Å². The number of pyridine rings is 1. The maximum absolute atomic E-state index is 5.37. The Kier molecular flexibility index (Phi) is 4.65. The van der Waals surface area contributed by atoms with Gasteiger partial charge in [-0.05, 0) is 25.1 Å². The Balaban J connectivity index is 2.41. The molecule has 0 radical (unpaired) electrons. The van der Waals surface area contributed by atoms with Crippen molar-refractivity contribution in [2.75, 3.05) is 14.2 Å². The molecule has 0 N–H and O–H groups in total. The fraction of sp³-hybridized carbons (Fsp3) is 0.312. The van der Waals surface area contributed by atoms with Gasteiger partial charge in [0.2, 0.25) is 0 Å².